The van der Waals surface area contributed by atoms with Gasteiger partial charge in [0.1, 0.15) is 0 Å². The third kappa shape index (κ3) is 5.20. The minimum Gasteiger partial charge on any atom is -0.481 e. The van der Waals surface area contributed by atoms with Crippen LogP contribution in [0.3, 0.4) is 0 Å². The van der Waals surface area contributed by atoms with Crippen molar-refractivity contribution in [1.82, 2.24) is 0 Å². The summed E-state index contributed by atoms with van der Waals surface area (Å²) in [6.07, 6.45) is 14.2. The van der Waals surface area contributed by atoms with Crippen molar-refractivity contribution in [2.45, 2.75) is 59.0 Å². The lowest BCUT2D eigenvalue weighted by Crippen LogP contribution is -2.17. The van der Waals surface area contributed by atoms with Gasteiger partial charge in [0, 0.05) is 12.3 Å². The van der Waals surface area contributed by atoms with Gasteiger partial charge >= 0.3 is 5.97 Å². The van der Waals surface area contributed by atoms with Crippen LogP contribution in [0.4, 0.5) is 0 Å². The van der Waals surface area contributed by atoms with E-state index in [1.165, 1.54) is 16.7 Å². The van der Waals surface area contributed by atoms with E-state index in [2.05, 4.69) is 51.2 Å². The summed E-state index contributed by atoms with van der Waals surface area (Å²) in [5, 5.41) is 19.2. The van der Waals surface area contributed by atoms with Crippen LogP contribution in [0.2, 0.25) is 0 Å². The van der Waals surface area contributed by atoms with Crippen LogP contribution >= 0.6 is 0 Å². The van der Waals surface area contributed by atoms with Crippen molar-refractivity contribution in [2.24, 2.45) is 17.8 Å². The van der Waals surface area contributed by atoms with Crippen LogP contribution < -0.4 is 0 Å². The number of allylic oxidation sites excluding steroid dienone is 7. The fourth-order valence-electron chi connectivity index (χ4n) is 3.87. The number of carboxylic acids is 1. The predicted molar refractivity (Wildman–Crippen MR) is 97.6 cm³/mol. The summed E-state index contributed by atoms with van der Waals surface area (Å²) < 4.78 is 0. The van der Waals surface area contributed by atoms with Crippen LogP contribution in [0.15, 0.2) is 47.1 Å². The van der Waals surface area contributed by atoms with Crippen molar-refractivity contribution in [1.29, 1.82) is 0 Å². The van der Waals surface area contributed by atoms with Crippen LogP contribution in [-0.2, 0) is 4.79 Å². The highest BCUT2D eigenvalue weighted by Crippen LogP contribution is 2.48. The third-order valence-corrected chi connectivity index (χ3v) is 5.16. The standard InChI is InChI=1S/C21H30O3/c1-14(2)5-4-6-15(3)7-9-18-19-12-16(8-10-21(23)24)11-17(19)13-20(18)22/h5-7,9,11,17-20,22H,4,8,10,12-13H2,1-3H3,(H,23,24)/b9-7+,15-6+/t17-,18+,19-,20+/m0/s1. The molecule has 4 atom stereocenters. The Morgan fingerprint density at radius 3 is 2.71 bits per heavy atom. The second kappa shape index (κ2) is 8.48. The summed E-state index contributed by atoms with van der Waals surface area (Å²) in [4.78, 5) is 10.7. The molecule has 0 saturated heterocycles. The van der Waals surface area contributed by atoms with Gasteiger partial charge in [0.25, 0.3) is 0 Å². The Balaban J connectivity index is 1.93. The number of hydrogen-bond acceptors (Lipinski definition) is 2. The third-order valence-electron chi connectivity index (χ3n) is 5.16. The van der Waals surface area contributed by atoms with E-state index in [4.69, 9.17) is 5.11 Å². The molecule has 0 radical (unpaired) electrons. The molecule has 1 saturated carbocycles. The summed E-state index contributed by atoms with van der Waals surface area (Å²) in [5.74, 6) is 0.293. The van der Waals surface area contributed by atoms with Crippen LogP contribution in [0.25, 0.3) is 0 Å². The fourth-order valence-corrected chi connectivity index (χ4v) is 3.87. The first-order valence-corrected chi connectivity index (χ1v) is 8.94. The molecule has 0 amide bonds. The van der Waals surface area contributed by atoms with Crippen molar-refractivity contribution >= 4 is 5.97 Å². The van der Waals surface area contributed by atoms with Crippen LogP contribution in [0, 0.1) is 17.8 Å². The average Bonchev–Trinajstić information content (AvgIpc) is 2.99. The van der Waals surface area contributed by atoms with Crippen LogP contribution in [-0.4, -0.2) is 22.3 Å². The van der Waals surface area contributed by atoms with Crippen molar-refractivity contribution in [3.63, 3.8) is 0 Å². The van der Waals surface area contributed by atoms with Gasteiger partial charge in [0.15, 0.2) is 0 Å². The molecule has 0 bridgehead atoms. The zero-order valence-corrected chi connectivity index (χ0v) is 15.0. The van der Waals surface area contributed by atoms with E-state index in [0.29, 0.717) is 18.3 Å². The van der Waals surface area contributed by atoms with Crippen molar-refractivity contribution in [2.75, 3.05) is 0 Å². The van der Waals surface area contributed by atoms with Gasteiger partial charge in [-0.15, -0.1) is 0 Å². The number of hydrogen-bond donors (Lipinski definition) is 2. The summed E-state index contributed by atoms with van der Waals surface area (Å²) in [6, 6.07) is 0. The Bertz CT molecular complexity index is 576. The number of aliphatic hydroxyl groups excluding tert-OH is 1. The molecular weight excluding hydrogens is 300 g/mol. The number of carbonyl (C=O) groups is 1. The average molecular weight is 330 g/mol. The van der Waals surface area contributed by atoms with Crippen molar-refractivity contribution in [3.8, 4) is 0 Å². The van der Waals surface area contributed by atoms with Gasteiger partial charge in [-0.3, -0.25) is 4.79 Å². The minimum absolute atomic E-state index is 0.181. The highest BCUT2D eigenvalue weighted by atomic mass is 16.4. The molecule has 3 nitrogen and oxygen atoms in total. The molecular formula is C21H30O3. The molecule has 2 N–H and O–H groups in total. The van der Waals surface area contributed by atoms with Crippen LogP contribution in [0.5, 0.6) is 0 Å². The number of rotatable bonds is 7. The highest BCUT2D eigenvalue weighted by Gasteiger charge is 2.43. The molecule has 1 fully saturated rings. The van der Waals surface area contributed by atoms with Gasteiger partial charge in [-0.2, -0.15) is 0 Å². The van der Waals surface area contributed by atoms with E-state index in [1.807, 2.05) is 0 Å². The van der Waals surface area contributed by atoms with Gasteiger partial charge in [0.05, 0.1) is 6.10 Å². The first-order valence-electron chi connectivity index (χ1n) is 8.94. The quantitative estimate of drug-likeness (QED) is 0.527. The minimum atomic E-state index is -0.735. The summed E-state index contributed by atoms with van der Waals surface area (Å²) in [6.45, 7) is 6.30. The topological polar surface area (TPSA) is 57.5 Å². The van der Waals surface area contributed by atoms with Crippen LogP contribution in [0.1, 0.15) is 52.9 Å². The molecule has 2 aliphatic carbocycles. The monoisotopic (exact) mass is 330 g/mol. The Morgan fingerprint density at radius 1 is 1.29 bits per heavy atom. The van der Waals surface area contributed by atoms with Gasteiger partial charge in [-0.25, -0.2) is 0 Å². The Morgan fingerprint density at radius 2 is 2.04 bits per heavy atom. The number of aliphatic carboxylic acids is 1. The van der Waals surface area contributed by atoms with E-state index in [9.17, 15) is 9.90 Å². The number of fused-ring (bicyclic) bond motifs is 1. The molecule has 2 aliphatic rings. The summed E-state index contributed by atoms with van der Waals surface area (Å²) in [5.41, 5.74) is 3.80. The van der Waals surface area contributed by atoms with E-state index in [1.54, 1.807) is 0 Å². The largest absolute Gasteiger partial charge is 0.481 e. The maximum absolute atomic E-state index is 10.7. The Hall–Kier alpha value is -1.61. The molecule has 0 aromatic heterocycles. The Kier molecular flexibility index (Phi) is 6.61. The molecule has 0 aromatic rings. The van der Waals surface area contributed by atoms with Gasteiger partial charge in [-0.1, -0.05) is 47.1 Å². The summed E-state index contributed by atoms with van der Waals surface area (Å²) in [7, 11) is 0. The van der Waals surface area contributed by atoms with Crippen molar-refractivity contribution in [3.05, 3.63) is 47.1 Å². The number of aliphatic hydroxyl groups is 1. The van der Waals surface area contributed by atoms with Gasteiger partial charge in [-0.05, 0) is 58.3 Å². The summed E-state index contributed by atoms with van der Waals surface area (Å²) >= 11 is 0. The molecule has 24 heavy (non-hydrogen) atoms. The maximum atomic E-state index is 10.7. The first kappa shape index (κ1) is 18.7. The van der Waals surface area contributed by atoms with Crippen molar-refractivity contribution < 1.29 is 15.0 Å². The zero-order valence-electron chi connectivity index (χ0n) is 15.0. The molecule has 0 heterocycles. The maximum Gasteiger partial charge on any atom is 0.303 e. The molecule has 0 aromatic carbocycles. The fraction of sp³-hybridized carbons (Fsp3) is 0.571. The normalized spacial score (nSPS) is 29.7. The second-order valence-electron chi connectivity index (χ2n) is 7.46. The van der Waals surface area contributed by atoms with E-state index in [-0.39, 0.29) is 18.4 Å². The van der Waals surface area contributed by atoms with E-state index < -0.39 is 5.97 Å². The smallest absolute Gasteiger partial charge is 0.303 e. The highest BCUT2D eigenvalue weighted by molar-refractivity contribution is 5.67. The lowest BCUT2D eigenvalue weighted by atomic mass is 9.88. The van der Waals surface area contributed by atoms with Gasteiger partial charge in [0.2, 0.25) is 0 Å². The predicted octanol–water partition coefficient (Wildman–Crippen LogP) is 4.65. The van der Waals surface area contributed by atoms with Gasteiger partial charge < -0.3 is 10.2 Å². The molecule has 0 spiro atoms. The Labute approximate surface area is 145 Å². The molecule has 2 rings (SSSR count). The lowest BCUT2D eigenvalue weighted by Gasteiger charge is -2.18. The molecule has 0 aliphatic heterocycles. The van der Waals surface area contributed by atoms with E-state index in [0.717, 1.165) is 19.3 Å². The number of carboxylic acid groups (broad SMARTS) is 1. The molecule has 132 valence electrons. The lowest BCUT2D eigenvalue weighted by molar-refractivity contribution is -0.136. The van der Waals surface area contributed by atoms with E-state index >= 15 is 0 Å². The first-order chi connectivity index (χ1) is 11.4. The molecule has 0 unspecified atom stereocenters. The SMILES string of the molecule is CC(C)=CC/C=C(C)/C=C/[C@@H]1[C@H]2CC(CCC(=O)O)=C[C@H]2C[C@H]1O. The second-order valence-corrected chi connectivity index (χ2v) is 7.46. The zero-order chi connectivity index (χ0) is 17.7. The molecule has 3 heteroatoms.